The van der Waals surface area contributed by atoms with Crippen molar-refractivity contribution >= 4 is 0 Å². The van der Waals surface area contributed by atoms with Crippen molar-refractivity contribution in [2.45, 2.75) is 65.3 Å². The summed E-state index contributed by atoms with van der Waals surface area (Å²) in [4.78, 5) is 2.73. The lowest BCUT2D eigenvalue weighted by molar-refractivity contribution is 0.131. The number of hydrogen-bond donors (Lipinski definition) is 1. The topological polar surface area (TPSA) is 15.3 Å². The van der Waals surface area contributed by atoms with Crippen LogP contribution in [0.5, 0.6) is 0 Å². The first-order valence-corrected chi connectivity index (χ1v) is 8.64. The first-order valence-electron chi connectivity index (χ1n) is 8.64. The lowest BCUT2D eigenvalue weighted by atomic mass is 9.91. The highest BCUT2D eigenvalue weighted by molar-refractivity contribution is 4.84. The summed E-state index contributed by atoms with van der Waals surface area (Å²) in [6, 6.07) is 0.819. The van der Waals surface area contributed by atoms with E-state index in [-0.39, 0.29) is 0 Å². The number of rotatable bonds is 6. The third-order valence-corrected chi connectivity index (χ3v) is 5.08. The highest BCUT2D eigenvalue weighted by Gasteiger charge is 2.28. The van der Waals surface area contributed by atoms with Crippen LogP contribution in [0.1, 0.15) is 59.3 Å². The normalized spacial score (nSPS) is 36.8. The van der Waals surface area contributed by atoms with Gasteiger partial charge in [0.15, 0.2) is 0 Å². The molecule has 2 aliphatic rings. The van der Waals surface area contributed by atoms with Gasteiger partial charge in [-0.15, -0.1) is 0 Å². The molecule has 4 unspecified atom stereocenters. The first-order chi connectivity index (χ1) is 9.19. The zero-order valence-electron chi connectivity index (χ0n) is 13.3. The second-order valence-corrected chi connectivity index (χ2v) is 7.25. The Hall–Kier alpha value is -0.0800. The number of hydrogen-bond acceptors (Lipinski definition) is 2. The summed E-state index contributed by atoms with van der Waals surface area (Å²) in [5, 5.41) is 3.77. The molecule has 4 atom stereocenters. The molecular formula is C17H34N2. The predicted octanol–water partition coefficient (Wildman–Crippen LogP) is 3.52. The van der Waals surface area contributed by atoms with Crippen LogP contribution in [-0.4, -0.2) is 37.1 Å². The maximum Gasteiger partial charge on any atom is 0.00958 e. The predicted molar refractivity (Wildman–Crippen MR) is 83.4 cm³/mol. The largest absolute Gasteiger partial charge is 0.314 e. The van der Waals surface area contributed by atoms with E-state index in [9.17, 15) is 0 Å². The number of piperidine rings is 1. The van der Waals surface area contributed by atoms with Crippen LogP contribution in [0, 0.1) is 17.8 Å². The summed E-state index contributed by atoms with van der Waals surface area (Å²) in [5.41, 5.74) is 0. The molecule has 1 heterocycles. The zero-order chi connectivity index (χ0) is 13.7. The maximum atomic E-state index is 3.77. The SMILES string of the molecule is CCCNC1CCCC1CCN1CC(C)CC(C)C1. The highest BCUT2D eigenvalue weighted by atomic mass is 15.1. The van der Waals surface area contributed by atoms with Crippen LogP contribution in [0.25, 0.3) is 0 Å². The second kappa shape index (κ2) is 7.64. The molecule has 1 saturated heterocycles. The van der Waals surface area contributed by atoms with Gasteiger partial charge in [-0.1, -0.05) is 27.2 Å². The summed E-state index contributed by atoms with van der Waals surface area (Å²) in [5.74, 6) is 2.75. The van der Waals surface area contributed by atoms with Crippen molar-refractivity contribution < 1.29 is 0 Å². The molecule has 0 spiro atoms. The van der Waals surface area contributed by atoms with Gasteiger partial charge < -0.3 is 10.2 Å². The average molecular weight is 266 g/mol. The van der Waals surface area contributed by atoms with Crippen molar-refractivity contribution in [3.05, 3.63) is 0 Å². The van der Waals surface area contributed by atoms with Gasteiger partial charge in [0.2, 0.25) is 0 Å². The Kier molecular flexibility index (Phi) is 6.15. The van der Waals surface area contributed by atoms with Crippen LogP contribution in [0.2, 0.25) is 0 Å². The minimum absolute atomic E-state index is 0.819. The summed E-state index contributed by atoms with van der Waals surface area (Å²) in [6.45, 7) is 12.3. The van der Waals surface area contributed by atoms with E-state index in [0.717, 1.165) is 23.8 Å². The van der Waals surface area contributed by atoms with Crippen LogP contribution >= 0.6 is 0 Å². The molecule has 1 saturated carbocycles. The van der Waals surface area contributed by atoms with E-state index in [4.69, 9.17) is 0 Å². The Morgan fingerprint density at radius 1 is 1.11 bits per heavy atom. The fourth-order valence-corrected chi connectivity index (χ4v) is 4.30. The van der Waals surface area contributed by atoms with Gasteiger partial charge in [-0.25, -0.2) is 0 Å². The standard InChI is InChI=1S/C17H34N2/c1-4-9-18-17-7-5-6-16(17)8-10-19-12-14(2)11-15(3)13-19/h14-18H,4-13H2,1-3H3. The third-order valence-electron chi connectivity index (χ3n) is 5.08. The summed E-state index contributed by atoms with van der Waals surface area (Å²) in [7, 11) is 0. The molecule has 1 N–H and O–H groups in total. The fraction of sp³-hybridized carbons (Fsp3) is 1.00. The molecule has 112 valence electrons. The van der Waals surface area contributed by atoms with Crippen molar-refractivity contribution in [2.24, 2.45) is 17.8 Å². The van der Waals surface area contributed by atoms with Crippen LogP contribution in [0.4, 0.5) is 0 Å². The molecule has 2 heteroatoms. The molecule has 0 aromatic carbocycles. The Bertz CT molecular complexity index is 244. The highest BCUT2D eigenvalue weighted by Crippen LogP contribution is 2.29. The molecule has 0 amide bonds. The molecule has 0 radical (unpaired) electrons. The molecule has 1 aliphatic carbocycles. The van der Waals surface area contributed by atoms with Crippen molar-refractivity contribution in [2.75, 3.05) is 26.2 Å². The molecule has 2 nitrogen and oxygen atoms in total. The van der Waals surface area contributed by atoms with Gasteiger partial charge in [0.1, 0.15) is 0 Å². The van der Waals surface area contributed by atoms with Gasteiger partial charge in [0, 0.05) is 19.1 Å². The lowest BCUT2D eigenvalue weighted by Crippen LogP contribution is -2.41. The second-order valence-electron chi connectivity index (χ2n) is 7.25. The van der Waals surface area contributed by atoms with Crippen LogP contribution in [-0.2, 0) is 0 Å². The Balaban J connectivity index is 1.71. The van der Waals surface area contributed by atoms with Crippen molar-refractivity contribution in [1.82, 2.24) is 10.2 Å². The van der Waals surface area contributed by atoms with Gasteiger partial charge in [0.05, 0.1) is 0 Å². The van der Waals surface area contributed by atoms with Crippen LogP contribution in [0.15, 0.2) is 0 Å². The van der Waals surface area contributed by atoms with Crippen molar-refractivity contribution in [1.29, 1.82) is 0 Å². The minimum atomic E-state index is 0.819. The molecule has 2 rings (SSSR count). The maximum absolute atomic E-state index is 3.77. The Morgan fingerprint density at radius 2 is 1.84 bits per heavy atom. The monoisotopic (exact) mass is 266 g/mol. The molecule has 0 aromatic heterocycles. The summed E-state index contributed by atoms with van der Waals surface area (Å²) in [6.07, 6.45) is 8.43. The van der Waals surface area contributed by atoms with E-state index in [0.29, 0.717) is 0 Å². The minimum Gasteiger partial charge on any atom is -0.314 e. The Labute approximate surface area is 120 Å². The van der Waals surface area contributed by atoms with Crippen LogP contribution < -0.4 is 5.32 Å². The lowest BCUT2D eigenvalue weighted by Gasteiger charge is -2.36. The van der Waals surface area contributed by atoms with E-state index in [1.54, 1.807) is 0 Å². The number of nitrogens with one attached hydrogen (secondary N) is 1. The van der Waals surface area contributed by atoms with E-state index in [1.165, 1.54) is 64.7 Å². The first kappa shape index (κ1) is 15.3. The zero-order valence-corrected chi connectivity index (χ0v) is 13.3. The molecule has 19 heavy (non-hydrogen) atoms. The summed E-state index contributed by atoms with van der Waals surface area (Å²) >= 11 is 0. The van der Waals surface area contributed by atoms with Crippen LogP contribution in [0.3, 0.4) is 0 Å². The molecule has 2 fully saturated rings. The van der Waals surface area contributed by atoms with Gasteiger partial charge >= 0.3 is 0 Å². The number of nitrogens with zero attached hydrogens (tertiary/aromatic N) is 1. The smallest absolute Gasteiger partial charge is 0.00958 e. The van der Waals surface area contributed by atoms with E-state index >= 15 is 0 Å². The van der Waals surface area contributed by atoms with Gasteiger partial charge in [-0.3, -0.25) is 0 Å². The van der Waals surface area contributed by atoms with E-state index in [1.807, 2.05) is 0 Å². The quantitative estimate of drug-likeness (QED) is 0.791. The average Bonchev–Trinajstić information content (AvgIpc) is 2.80. The molecule has 1 aliphatic heterocycles. The van der Waals surface area contributed by atoms with Gasteiger partial charge in [-0.2, -0.15) is 0 Å². The van der Waals surface area contributed by atoms with Gasteiger partial charge in [0.25, 0.3) is 0 Å². The van der Waals surface area contributed by atoms with Crippen molar-refractivity contribution in [3.63, 3.8) is 0 Å². The Morgan fingerprint density at radius 3 is 2.53 bits per heavy atom. The third kappa shape index (κ3) is 4.75. The number of likely N-dealkylation sites (tertiary alicyclic amines) is 1. The van der Waals surface area contributed by atoms with Crippen molar-refractivity contribution in [3.8, 4) is 0 Å². The molecule has 0 aromatic rings. The molecule has 0 bridgehead atoms. The fourth-order valence-electron chi connectivity index (χ4n) is 4.30. The van der Waals surface area contributed by atoms with E-state index in [2.05, 4.69) is 31.0 Å². The van der Waals surface area contributed by atoms with E-state index < -0.39 is 0 Å². The summed E-state index contributed by atoms with van der Waals surface area (Å²) < 4.78 is 0. The molecular weight excluding hydrogens is 232 g/mol. The van der Waals surface area contributed by atoms with Gasteiger partial charge in [-0.05, 0) is 62.9 Å².